The third kappa shape index (κ3) is 4.21. The molecule has 2 aliphatic heterocycles. The molecule has 3 fully saturated rings. The second-order valence-corrected chi connectivity index (χ2v) is 8.17. The van der Waals surface area contributed by atoms with Crippen molar-refractivity contribution in [3.8, 4) is 5.75 Å². The number of pyridine rings is 1. The van der Waals surface area contributed by atoms with Crippen LogP contribution in [0.4, 0.5) is 11.5 Å². The lowest BCUT2D eigenvalue weighted by Gasteiger charge is -2.18. The normalized spacial score (nSPS) is 22.3. The Morgan fingerprint density at radius 2 is 2.00 bits per heavy atom. The van der Waals surface area contributed by atoms with E-state index in [2.05, 4.69) is 27.2 Å². The molecule has 1 aliphatic carbocycles. The highest BCUT2D eigenvalue weighted by molar-refractivity contribution is 6.00. The zero-order chi connectivity index (χ0) is 19.6. The summed E-state index contributed by atoms with van der Waals surface area (Å²) in [6, 6.07) is 11.7. The second-order valence-electron chi connectivity index (χ2n) is 8.17. The van der Waals surface area contributed by atoms with Crippen LogP contribution >= 0.6 is 0 Å². The molecule has 7 nitrogen and oxygen atoms in total. The van der Waals surface area contributed by atoms with Crippen molar-refractivity contribution in [3.05, 3.63) is 48.2 Å². The largest absolute Gasteiger partial charge is 0.493 e. The van der Waals surface area contributed by atoms with Gasteiger partial charge in [-0.1, -0.05) is 12.1 Å². The minimum atomic E-state index is -0.238. The number of rotatable bonds is 7. The third-order valence-electron chi connectivity index (χ3n) is 5.90. The quantitative estimate of drug-likeness (QED) is 0.670. The number of amides is 1. The van der Waals surface area contributed by atoms with Crippen LogP contribution in [0.25, 0.3) is 0 Å². The lowest BCUT2D eigenvalue weighted by atomic mass is 10.0. The fourth-order valence-electron chi connectivity index (χ4n) is 3.91. The molecule has 5 rings (SSSR count). The lowest BCUT2D eigenvalue weighted by Crippen LogP contribution is -2.33. The highest BCUT2D eigenvalue weighted by Gasteiger charge is 2.33. The van der Waals surface area contributed by atoms with Gasteiger partial charge in [0.25, 0.3) is 5.91 Å². The number of hydrogen-bond acceptors (Lipinski definition) is 6. The van der Waals surface area contributed by atoms with Crippen molar-refractivity contribution in [2.45, 2.75) is 31.2 Å². The lowest BCUT2D eigenvalue weighted by molar-refractivity contribution is -0.117. The molecule has 1 amide bonds. The molecule has 3 aliphatic rings. The summed E-state index contributed by atoms with van der Waals surface area (Å²) < 4.78 is 5.85. The standard InChI is InChI=1S/C22H27N5O2/c28-22-20(26-18-2-1-3-19(10-18)29-14-15-4-5-15)8-9-27(22)21-7-6-16(11-23-21)17-12-24-25-13-17/h1-3,6-7,10-11,15,17,20,24-26H,4-5,8-9,12-14H2. The van der Waals surface area contributed by atoms with Gasteiger partial charge < -0.3 is 10.1 Å². The number of nitrogens with one attached hydrogen (secondary N) is 3. The van der Waals surface area contributed by atoms with Gasteiger partial charge in [0.15, 0.2) is 0 Å². The van der Waals surface area contributed by atoms with E-state index in [1.54, 1.807) is 4.90 Å². The maximum Gasteiger partial charge on any atom is 0.250 e. The van der Waals surface area contributed by atoms with Crippen molar-refractivity contribution in [3.63, 3.8) is 0 Å². The van der Waals surface area contributed by atoms with E-state index in [1.165, 1.54) is 18.4 Å². The molecule has 1 saturated carbocycles. The average Bonchev–Trinajstić information content (AvgIpc) is 3.28. The molecule has 1 aromatic heterocycles. The van der Waals surface area contributed by atoms with Crippen molar-refractivity contribution >= 4 is 17.4 Å². The smallest absolute Gasteiger partial charge is 0.250 e. The van der Waals surface area contributed by atoms with Gasteiger partial charge in [-0.15, -0.1) is 0 Å². The van der Waals surface area contributed by atoms with E-state index in [4.69, 9.17) is 4.74 Å². The number of hydrogen-bond donors (Lipinski definition) is 3. The highest BCUT2D eigenvalue weighted by Crippen LogP contribution is 2.30. The topological polar surface area (TPSA) is 78.5 Å². The maximum absolute atomic E-state index is 12.9. The van der Waals surface area contributed by atoms with Gasteiger partial charge in [0.2, 0.25) is 0 Å². The highest BCUT2D eigenvalue weighted by atomic mass is 16.5. The molecule has 2 aromatic rings. The first-order valence-electron chi connectivity index (χ1n) is 10.5. The predicted octanol–water partition coefficient (Wildman–Crippen LogP) is 2.28. The molecule has 1 unspecified atom stereocenters. The van der Waals surface area contributed by atoms with Crippen LogP contribution in [0.1, 0.15) is 30.7 Å². The van der Waals surface area contributed by atoms with Crippen molar-refractivity contribution in [1.29, 1.82) is 0 Å². The number of nitrogens with zero attached hydrogens (tertiary/aromatic N) is 2. The van der Waals surface area contributed by atoms with Crippen LogP contribution in [0.3, 0.4) is 0 Å². The van der Waals surface area contributed by atoms with Crippen LogP contribution in [0, 0.1) is 5.92 Å². The molecule has 0 spiro atoms. The Balaban J connectivity index is 1.21. The number of hydrazine groups is 1. The van der Waals surface area contributed by atoms with Crippen LogP contribution < -0.4 is 25.8 Å². The summed E-state index contributed by atoms with van der Waals surface area (Å²) >= 11 is 0. The van der Waals surface area contributed by atoms with Crippen molar-refractivity contribution in [1.82, 2.24) is 15.8 Å². The van der Waals surface area contributed by atoms with Crippen LogP contribution in [-0.4, -0.2) is 43.2 Å². The number of benzene rings is 1. The molecule has 3 N–H and O–H groups in total. The molecule has 0 bridgehead atoms. The van der Waals surface area contributed by atoms with Gasteiger partial charge in [-0.2, -0.15) is 0 Å². The van der Waals surface area contributed by atoms with E-state index in [0.29, 0.717) is 12.5 Å². The summed E-state index contributed by atoms with van der Waals surface area (Å²) in [5, 5.41) is 3.37. The van der Waals surface area contributed by atoms with E-state index < -0.39 is 0 Å². The van der Waals surface area contributed by atoms with Crippen LogP contribution in [-0.2, 0) is 4.79 Å². The maximum atomic E-state index is 12.9. The number of carbonyl (C=O) groups is 1. The molecule has 152 valence electrons. The molecule has 0 radical (unpaired) electrons. The summed E-state index contributed by atoms with van der Waals surface area (Å²) in [7, 11) is 0. The third-order valence-corrected chi connectivity index (χ3v) is 5.90. The predicted molar refractivity (Wildman–Crippen MR) is 112 cm³/mol. The Hall–Kier alpha value is -2.64. The van der Waals surface area contributed by atoms with Crippen molar-refractivity contribution in [2.75, 3.05) is 36.5 Å². The molecule has 1 atom stereocenters. The summed E-state index contributed by atoms with van der Waals surface area (Å²) in [5.41, 5.74) is 8.38. The summed E-state index contributed by atoms with van der Waals surface area (Å²) in [5.74, 6) is 2.80. The summed E-state index contributed by atoms with van der Waals surface area (Å²) in [6.45, 7) is 3.26. The zero-order valence-electron chi connectivity index (χ0n) is 16.4. The Labute approximate surface area is 170 Å². The van der Waals surface area contributed by atoms with Gasteiger partial charge in [-0.3, -0.25) is 20.5 Å². The Morgan fingerprint density at radius 1 is 1.14 bits per heavy atom. The molecular formula is C22H27N5O2. The molecule has 29 heavy (non-hydrogen) atoms. The Kier molecular flexibility index (Phi) is 5.08. The zero-order valence-corrected chi connectivity index (χ0v) is 16.4. The number of carbonyl (C=O) groups excluding carboxylic acids is 1. The van der Waals surface area contributed by atoms with Gasteiger partial charge in [-0.25, -0.2) is 4.98 Å². The molecular weight excluding hydrogens is 366 g/mol. The minimum Gasteiger partial charge on any atom is -0.493 e. The SMILES string of the molecule is O=C1C(Nc2cccc(OCC3CC3)c2)CCN1c1ccc(C2CNNC2)cn1. The first-order valence-corrected chi connectivity index (χ1v) is 10.5. The number of anilines is 2. The fraction of sp³-hybridized carbons (Fsp3) is 0.455. The van der Waals surface area contributed by atoms with Gasteiger partial charge in [-0.05, 0) is 48.9 Å². The second kappa shape index (κ2) is 8.00. The van der Waals surface area contributed by atoms with Gasteiger partial charge in [0.1, 0.15) is 17.6 Å². The number of aromatic nitrogens is 1. The summed E-state index contributed by atoms with van der Waals surface area (Å²) in [6.07, 6.45) is 5.19. The molecule has 1 aromatic carbocycles. The first-order chi connectivity index (χ1) is 14.3. The first kappa shape index (κ1) is 18.4. The monoisotopic (exact) mass is 393 g/mol. The molecule has 2 saturated heterocycles. The van der Waals surface area contributed by atoms with Crippen LogP contribution in [0.5, 0.6) is 5.75 Å². The minimum absolute atomic E-state index is 0.0683. The van der Waals surface area contributed by atoms with Gasteiger partial charge in [0, 0.05) is 43.5 Å². The van der Waals surface area contributed by atoms with E-state index in [-0.39, 0.29) is 11.9 Å². The molecule has 7 heteroatoms. The fourth-order valence-corrected chi connectivity index (χ4v) is 3.91. The van der Waals surface area contributed by atoms with Gasteiger partial charge >= 0.3 is 0 Å². The van der Waals surface area contributed by atoms with Gasteiger partial charge in [0.05, 0.1) is 6.61 Å². The Bertz CT molecular complexity index is 862. The average molecular weight is 393 g/mol. The summed E-state index contributed by atoms with van der Waals surface area (Å²) in [4.78, 5) is 19.3. The van der Waals surface area contributed by atoms with Crippen molar-refractivity contribution in [2.24, 2.45) is 5.92 Å². The van der Waals surface area contributed by atoms with Crippen LogP contribution in [0.2, 0.25) is 0 Å². The van der Waals surface area contributed by atoms with E-state index in [9.17, 15) is 4.79 Å². The van der Waals surface area contributed by atoms with Crippen LogP contribution in [0.15, 0.2) is 42.6 Å². The number of ether oxygens (including phenoxy) is 1. The molecule has 3 heterocycles. The van der Waals surface area contributed by atoms with E-state index >= 15 is 0 Å². The van der Waals surface area contributed by atoms with E-state index in [1.807, 2.05) is 36.5 Å². The van der Waals surface area contributed by atoms with Crippen molar-refractivity contribution < 1.29 is 9.53 Å². The Morgan fingerprint density at radius 3 is 2.76 bits per heavy atom. The van der Waals surface area contributed by atoms with E-state index in [0.717, 1.165) is 49.3 Å².